The first-order chi connectivity index (χ1) is 4.97. The predicted molar refractivity (Wildman–Crippen MR) is 43.5 cm³/mol. The van der Waals surface area contributed by atoms with Crippen molar-refractivity contribution in [1.29, 1.82) is 0 Å². The molecule has 0 bridgehead atoms. The monoisotopic (exact) mass is 159 g/mol. The largest absolute Gasteiger partial charge is 0.376 e. The maximum Gasteiger partial charge on any atom is 0.0718 e. The second kappa shape index (κ2) is 3.11. The standard InChI is InChI=1S/C7H13NOS/c1-2-8-5-7-6(1)9-3-4-10-7/h6-8H,1-5H2. The lowest BCUT2D eigenvalue weighted by molar-refractivity contribution is 0.0406. The van der Waals surface area contributed by atoms with Crippen LogP contribution in [0, 0.1) is 0 Å². The number of nitrogens with one attached hydrogen (secondary N) is 1. The molecule has 2 rings (SSSR count). The molecule has 3 heteroatoms. The number of ether oxygens (including phenoxy) is 1. The molecule has 1 N–H and O–H groups in total. The summed E-state index contributed by atoms with van der Waals surface area (Å²) >= 11 is 2.06. The van der Waals surface area contributed by atoms with Gasteiger partial charge in [-0.25, -0.2) is 0 Å². The fourth-order valence-electron chi connectivity index (χ4n) is 1.56. The van der Waals surface area contributed by atoms with Crippen molar-refractivity contribution in [3.63, 3.8) is 0 Å². The fourth-order valence-corrected chi connectivity index (χ4v) is 2.72. The summed E-state index contributed by atoms with van der Waals surface area (Å²) in [5, 5.41) is 4.12. The zero-order valence-corrected chi connectivity index (χ0v) is 6.82. The van der Waals surface area contributed by atoms with E-state index in [0.717, 1.165) is 24.9 Å². The van der Waals surface area contributed by atoms with Crippen LogP contribution in [-0.4, -0.2) is 36.8 Å². The molecule has 0 aromatic heterocycles. The summed E-state index contributed by atoms with van der Waals surface area (Å²) in [5.41, 5.74) is 0. The zero-order chi connectivity index (χ0) is 6.81. The first-order valence-electron chi connectivity index (χ1n) is 3.91. The molecule has 2 aliphatic rings. The van der Waals surface area contributed by atoms with E-state index in [1.165, 1.54) is 12.2 Å². The lowest BCUT2D eigenvalue weighted by Crippen LogP contribution is -2.46. The Morgan fingerprint density at radius 1 is 1.50 bits per heavy atom. The Labute approximate surface area is 65.7 Å². The van der Waals surface area contributed by atoms with Crippen LogP contribution in [0.25, 0.3) is 0 Å². The van der Waals surface area contributed by atoms with E-state index in [1.54, 1.807) is 0 Å². The maximum atomic E-state index is 5.62. The second-order valence-electron chi connectivity index (χ2n) is 2.81. The van der Waals surface area contributed by atoms with Crippen molar-refractivity contribution >= 4 is 11.8 Å². The van der Waals surface area contributed by atoms with Crippen molar-refractivity contribution in [2.45, 2.75) is 17.8 Å². The van der Waals surface area contributed by atoms with Gasteiger partial charge in [-0.2, -0.15) is 11.8 Å². The molecule has 0 aromatic rings. The summed E-state index contributed by atoms with van der Waals surface area (Å²) < 4.78 is 5.62. The van der Waals surface area contributed by atoms with E-state index < -0.39 is 0 Å². The molecule has 58 valence electrons. The molecule has 2 unspecified atom stereocenters. The van der Waals surface area contributed by atoms with Gasteiger partial charge < -0.3 is 10.1 Å². The summed E-state index contributed by atoms with van der Waals surface area (Å²) in [6.45, 7) is 3.25. The van der Waals surface area contributed by atoms with Crippen molar-refractivity contribution in [3.05, 3.63) is 0 Å². The van der Waals surface area contributed by atoms with Crippen molar-refractivity contribution in [1.82, 2.24) is 5.32 Å². The molecular formula is C7H13NOS. The van der Waals surface area contributed by atoms with Crippen LogP contribution in [0.3, 0.4) is 0 Å². The SMILES string of the molecule is C1CC2OCCSC2CN1. The fraction of sp³-hybridized carbons (Fsp3) is 1.00. The van der Waals surface area contributed by atoms with Crippen LogP contribution in [-0.2, 0) is 4.74 Å². The lowest BCUT2D eigenvalue weighted by Gasteiger charge is -2.35. The molecule has 0 radical (unpaired) electrons. The smallest absolute Gasteiger partial charge is 0.0718 e. The van der Waals surface area contributed by atoms with Gasteiger partial charge in [0.15, 0.2) is 0 Å². The van der Waals surface area contributed by atoms with Gasteiger partial charge in [-0.1, -0.05) is 0 Å². The molecule has 0 aromatic carbocycles. The van der Waals surface area contributed by atoms with E-state index in [9.17, 15) is 0 Å². The van der Waals surface area contributed by atoms with Crippen LogP contribution in [0.2, 0.25) is 0 Å². The highest BCUT2D eigenvalue weighted by molar-refractivity contribution is 8.00. The molecule has 0 amide bonds. The number of fused-ring (bicyclic) bond motifs is 1. The van der Waals surface area contributed by atoms with Gasteiger partial charge in [0, 0.05) is 17.5 Å². The first kappa shape index (κ1) is 6.95. The van der Waals surface area contributed by atoms with Crippen LogP contribution in [0.15, 0.2) is 0 Å². The maximum absolute atomic E-state index is 5.62. The van der Waals surface area contributed by atoms with Crippen molar-refractivity contribution in [3.8, 4) is 0 Å². The number of hydrogen-bond donors (Lipinski definition) is 1. The first-order valence-corrected chi connectivity index (χ1v) is 4.95. The van der Waals surface area contributed by atoms with Crippen LogP contribution in [0.5, 0.6) is 0 Å². The molecular weight excluding hydrogens is 146 g/mol. The molecule has 10 heavy (non-hydrogen) atoms. The number of rotatable bonds is 0. The van der Waals surface area contributed by atoms with Gasteiger partial charge in [0.05, 0.1) is 12.7 Å². The van der Waals surface area contributed by atoms with Gasteiger partial charge >= 0.3 is 0 Å². The Bertz CT molecular complexity index is 94.2. The minimum absolute atomic E-state index is 0.556. The van der Waals surface area contributed by atoms with Gasteiger partial charge in [0.25, 0.3) is 0 Å². The van der Waals surface area contributed by atoms with E-state index in [4.69, 9.17) is 4.74 Å². The number of hydrogen-bond acceptors (Lipinski definition) is 3. The van der Waals surface area contributed by atoms with E-state index in [-0.39, 0.29) is 0 Å². The van der Waals surface area contributed by atoms with E-state index >= 15 is 0 Å². The summed E-state index contributed by atoms with van der Waals surface area (Å²) in [6, 6.07) is 0. The average Bonchev–Trinajstić information content (AvgIpc) is 2.05. The van der Waals surface area contributed by atoms with Crippen LogP contribution in [0.1, 0.15) is 6.42 Å². The molecule has 0 aliphatic carbocycles. The van der Waals surface area contributed by atoms with Gasteiger partial charge in [-0.3, -0.25) is 0 Å². The minimum atomic E-state index is 0.556. The number of thioether (sulfide) groups is 1. The molecule has 0 saturated carbocycles. The highest BCUT2D eigenvalue weighted by Crippen LogP contribution is 2.25. The van der Waals surface area contributed by atoms with Gasteiger partial charge in [-0.05, 0) is 13.0 Å². The molecule has 2 fully saturated rings. The summed E-state index contributed by atoms with van der Waals surface area (Å²) in [7, 11) is 0. The van der Waals surface area contributed by atoms with E-state index in [0.29, 0.717) is 6.10 Å². The Morgan fingerprint density at radius 2 is 2.50 bits per heavy atom. The molecule has 0 spiro atoms. The molecule has 2 saturated heterocycles. The Balaban J connectivity index is 1.93. The van der Waals surface area contributed by atoms with Crippen molar-refractivity contribution < 1.29 is 4.74 Å². The van der Waals surface area contributed by atoms with Crippen molar-refractivity contribution in [2.75, 3.05) is 25.4 Å². The predicted octanol–water partition coefficient (Wildman–Crippen LogP) is 0.480. The Kier molecular flexibility index (Phi) is 2.16. The molecule has 2 heterocycles. The zero-order valence-electron chi connectivity index (χ0n) is 6.01. The topological polar surface area (TPSA) is 21.3 Å². The van der Waals surface area contributed by atoms with Gasteiger partial charge in [-0.15, -0.1) is 0 Å². The Morgan fingerprint density at radius 3 is 3.40 bits per heavy atom. The highest BCUT2D eigenvalue weighted by Gasteiger charge is 2.28. The number of piperidine rings is 1. The third-order valence-electron chi connectivity index (χ3n) is 2.11. The van der Waals surface area contributed by atoms with Crippen LogP contribution >= 0.6 is 11.8 Å². The van der Waals surface area contributed by atoms with E-state index in [2.05, 4.69) is 17.1 Å². The normalized spacial score (nSPS) is 40.8. The highest BCUT2D eigenvalue weighted by atomic mass is 32.2. The van der Waals surface area contributed by atoms with Gasteiger partial charge in [0.1, 0.15) is 0 Å². The second-order valence-corrected chi connectivity index (χ2v) is 4.16. The third-order valence-corrected chi connectivity index (χ3v) is 3.41. The average molecular weight is 159 g/mol. The minimum Gasteiger partial charge on any atom is -0.376 e. The van der Waals surface area contributed by atoms with E-state index in [1.807, 2.05) is 0 Å². The summed E-state index contributed by atoms with van der Waals surface area (Å²) in [4.78, 5) is 0. The molecule has 2 nitrogen and oxygen atoms in total. The van der Waals surface area contributed by atoms with Crippen LogP contribution in [0.4, 0.5) is 0 Å². The Hall–Kier alpha value is 0.270. The third kappa shape index (κ3) is 1.31. The summed E-state index contributed by atoms with van der Waals surface area (Å²) in [6.07, 6.45) is 1.76. The quantitative estimate of drug-likeness (QED) is 0.555. The van der Waals surface area contributed by atoms with Crippen LogP contribution < -0.4 is 5.32 Å². The summed E-state index contributed by atoms with van der Waals surface area (Å²) in [5.74, 6) is 1.18. The van der Waals surface area contributed by atoms with Crippen molar-refractivity contribution in [2.24, 2.45) is 0 Å². The molecule has 2 atom stereocenters. The molecule has 2 aliphatic heterocycles. The lowest BCUT2D eigenvalue weighted by atomic mass is 10.1. The van der Waals surface area contributed by atoms with Gasteiger partial charge in [0.2, 0.25) is 0 Å².